The Morgan fingerprint density at radius 2 is 1.50 bits per heavy atom. The van der Waals surface area contributed by atoms with Crippen LogP contribution in [0.3, 0.4) is 0 Å². The first kappa shape index (κ1) is 34.2. The Kier molecular flexibility index (Phi) is 12.0. The second kappa shape index (κ2) is 16.1. The van der Waals surface area contributed by atoms with Crippen LogP contribution in [0.2, 0.25) is 0 Å². The summed E-state index contributed by atoms with van der Waals surface area (Å²) in [7, 11) is -2.77. The van der Waals surface area contributed by atoms with E-state index in [1.165, 1.54) is 24.1 Å². The quantitative estimate of drug-likeness (QED) is 0.159. The van der Waals surface area contributed by atoms with E-state index in [1.54, 1.807) is 36.4 Å². The fourth-order valence-electron chi connectivity index (χ4n) is 5.22. The number of nitrogens with one attached hydrogen (secondary N) is 1. The van der Waals surface area contributed by atoms with Gasteiger partial charge in [-0.2, -0.15) is 0 Å². The number of anilines is 1. The van der Waals surface area contributed by atoms with E-state index in [2.05, 4.69) is 5.32 Å². The smallest absolute Gasteiger partial charge is 0.264 e. The number of benzene rings is 4. The third kappa shape index (κ3) is 8.54. The van der Waals surface area contributed by atoms with E-state index in [4.69, 9.17) is 4.74 Å². The molecule has 0 aromatic heterocycles. The number of para-hydroxylation sites is 2. The summed E-state index contributed by atoms with van der Waals surface area (Å²) in [6, 6.07) is 29.5. The van der Waals surface area contributed by atoms with Crippen LogP contribution in [-0.2, 0) is 32.6 Å². The monoisotopic (exact) mass is 641 g/mol. The Labute approximate surface area is 273 Å². The first-order valence-electron chi connectivity index (χ1n) is 15.5. The summed E-state index contributed by atoms with van der Waals surface area (Å²) in [4.78, 5) is 30.1. The van der Waals surface area contributed by atoms with Gasteiger partial charge in [0.2, 0.25) is 11.8 Å². The number of carbonyl (C=O) groups excluding carboxylic acids is 2. The molecule has 1 N–H and O–H groups in total. The molecule has 2 amide bonds. The molecule has 0 fully saturated rings. The Morgan fingerprint density at radius 1 is 0.848 bits per heavy atom. The molecule has 9 heteroatoms. The molecule has 0 saturated heterocycles. The summed E-state index contributed by atoms with van der Waals surface area (Å²) < 4.78 is 35.2. The van der Waals surface area contributed by atoms with Gasteiger partial charge >= 0.3 is 0 Å². The zero-order valence-corrected chi connectivity index (χ0v) is 27.8. The number of carbonyl (C=O) groups is 2. The van der Waals surface area contributed by atoms with Crippen LogP contribution in [0, 0.1) is 13.8 Å². The van der Waals surface area contributed by atoms with Gasteiger partial charge in [-0.1, -0.05) is 97.8 Å². The summed E-state index contributed by atoms with van der Waals surface area (Å²) in [5, 5.41) is 3.02. The first-order valence-corrected chi connectivity index (χ1v) is 17.0. The third-order valence-corrected chi connectivity index (χ3v) is 9.72. The van der Waals surface area contributed by atoms with Crippen LogP contribution in [0.25, 0.3) is 0 Å². The van der Waals surface area contributed by atoms with Crippen LogP contribution in [-0.4, -0.2) is 51.4 Å². The van der Waals surface area contributed by atoms with Gasteiger partial charge in [-0.15, -0.1) is 0 Å². The largest absolute Gasteiger partial charge is 0.495 e. The molecular weight excluding hydrogens is 598 g/mol. The Hall–Kier alpha value is -4.63. The van der Waals surface area contributed by atoms with E-state index in [-0.39, 0.29) is 29.5 Å². The molecule has 46 heavy (non-hydrogen) atoms. The lowest BCUT2D eigenvalue weighted by molar-refractivity contribution is -0.140. The molecule has 0 saturated carbocycles. The van der Waals surface area contributed by atoms with Gasteiger partial charge in [-0.3, -0.25) is 13.9 Å². The van der Waals surface area contributed by atoms with Crippen LogP contribution < -0.4 is 14.4 Å². The summed E-state index contributed by atoms with van der Waals surface area (Å²) in [5.74, 6) is -0.504. The van der Waals surface area contributed by atoms with Gasteiger partial charge in [0, 0.05) is 19.5 Å². The van der Waals surface area contributed by atoms with E-state index in [1.807, 2.05) is 75.4 Å². The molecule has 0 aliphatic rings. The van der Waals surface area contributed by atoms with Crippen molar-refractivity contribution in [1.29, 1.82) is 0 Å². The number of hydrogen-bond acceptors (Lipinski definition) is 5. The maximum absolute atomic E-state index is 14.6. The topological polar surface area (TPSA) is 96.0 Å². The fourth-order valence-corrected chi connectivity index (χ4v) is 6.64. The number of ether oxygens (including phenoxy) is 1. The summed E-state index contributed by atoms with van der Waals surface area (Å²) in [6.45, 7) is 5.92. The van der Waals surface area contributed by atoms with Crippen LogP contribution in [0.5, 0.6) is 5.75 Å². The van der Waals surface area contributed by atoms with Gasteiger partial charge in [-0.25, -0.2) is 8.42 Å². The normalized spacial score (nSPS) is 11.8. The number of unbranched alkanes of at least 4 members (excludes halogenated alkanes) is 1. The molecule has 242 valence electrons. The average Bonchev–Trinajstić information content (AvgIpc) is 3.06. The number of aryl methyl sites for hydroxylation is 2. The Morgan fingerprint density at radius 3 is 2.17 bits per heavy atom. The highest BCUT2D eigenvalue weighted by atomic mass is 32.2. The Bertz CT molecular complexity index is 1710. The van der Waals surface area contributed by atoms with Gasteiger partial charge in [-0.05, 0) is 61.2 Å². The molecule has 0 bridgehead atoms. The van der Waals surface area contributed by atoms with Crippen LogP contribution >= 0.6 is 0 Å². The highest BCUT2D eigenvalue weighted by Gasteiger charge is 2.35. The molecule has 0 radical (unpaired) electrons. The summed E-state index contributed by atoms with van der Waals surface area (Å²) in [6.07, 6.45) is 1.96. The minimum Gasteiger partial charge on any atom is -0.495 e. The Balaban J connectivity index is 1.82. The van der Waals surface area contributed by atoms with E-state index in [0.29, 0.717) is 12.3 Å². The molecule has 8 nitrogen and oxygen atoms in total. The van der Waals surface area contributed by atoms with Gasteiger partial charge in [0.15, 0.2) is 0 Å². The molecule has 0 heterocycles. The van der Waals surface area contributed by atoms with Crippen molar-refractivity contribution in [3.8, 4) is 5.75 Å². The predicted molar refractivity (Wildman–Crippen MR) is 182 cm³/mol. The lowest BCUT2D eigenvalue weighted by Crippen LogP contribution is -2.53. The molecule has 0 unspecified atom stereocenters. The second-order valence-corrected chi connectivity index (χ2v) is 13.2. The maximum Gasteiger partial charge on any atom is 0.264 e. The van der Waals surface area contributed by atoms with Crippen molar-refractivity contribution >= 4 is 27.5 Å². The molecule has 1 atom stereocenters. The van der Waals surface area contributed by atoms with E-state index in [0.717, 1.165) is 39.4 Å². The van der Waals surface area contributed by atoms with Gasteiger partial charge in [0.25, 0.3) is 10.0 Å². The highest BCUT2D eigenvalue weighted by Crippen LogP contribution is 2.33. The molecule has 4 aromatic rings. The minimum atomic E-state index is -4.23. The molecular formula is C37H43N3O5S. The standard InChI is InChI=1S/C37H43N3O5S/c1-5-6-24-38-37(42)34(25-30-15-8-7-9-16-30)39(26-31-17-11-10-14-29(31)3)36(41)27-40(33-18-12-13-19-35(33)45-4)46(43,44)32-22-20-28(2)21-23-32/h7-23,34H,5-6,24-27H2,1-4H3,(H,38,42)/t34-/m1/s1. The molecule has 0 aliphatic heterocycles. The number of nitrogens with zero attached hydrogens (tertiary/aromatic N) is 2. The van der Waals surface area contributed by atoms with E-state index < -0.39 is 28.5 Å². The average molecular weight is 642 g/mol. The van der Waals surface area contributed by atoms with Gasteiger partial charge in [0.1, 0.15) is 18.3 Å². The van der Waals surface area contributed by atoms with Crippen molar-refractivity contribution in [2.45, 2.75) is 57.5 Å². The molecule has 0 spiro atoms. The van der Waals surface area contributed by atoms with Crippen molar-refractivity contribution in [3.63, 3.8) is 0 Å². The molecule has 4 aromatic carbocycles. The number of hydrogen-bond donors (Lipinski definition) is 1. The van der Waals surface area contributed by atoms with E-state index in [9.17, 15) is 18.0 Å². The SMILES string of the molecule is CCCCNC(=O)[C@@H](Cc1ccccc1)N(Cc1ccccc1C)C(=O)CN(c1ccccc1OC)S(=O)(=O)c1ccc(C)cc1. The highest BCUT2D eigenvalue weighted by molar-refractivity contribution is 7.92. The second-order valence-electron chi connectivity index (χ2n) is 11.3. The van der Waals surface area contributed by atoms with Crippen molar-refractivity contribution in [1.82, 2.24) is 10.2 Å². The zero-order chi connectivity index (χ0) is 33.1. The van der Waals surface area contributed by atoms with Crippen LogP contribution in [0.4, 0.5) is 5.69 Å². The summed E-state index contributed by atoms with van der Waals surface area (Å²) in [5.41, 5.74) is 3.83. The lowest BCUT2D eigenvalue weighted by atomic mass is 10.0. The maximum atomic E-state index is 14.6. The lowest BCUT2D eigenvalue weighted by Gasteiger charge is -2.34. The van der Waals surface area contributed by atoms with Gasteiger partial charge < -0.3 is 15.0 Å². The number of amides is 2. The van der Waals surface area contributed by atoms with Crippen LogP contribution in [0.15, 0.2) is 108 Å². The molecule has 4 rings (SSSR count). The summed E-state index contributed by atoms with van der Waals surface area (Å²) >= 11 is 0. The van der Waals surface area contributed by atoms with Crippen molar-refractivity contribution in [2.24, 2.45) is 0 Å². The molecule has 0 aliphatic carbocycles. The predicted octanol–water partition coefficient (Wildman–Crippen LogP) is 6.06. The first-order chi connectivity index (χ1) is 22.1. The van der Waals surface area contributed by atoms with Crippen molar-refractivity contribution in [3.05, 3.63) is 125 Å². The fraction of sp³-hybridized carbons (Fsp3) is 0.297. The number of rotatable bonds is 15. The van der Waals surface area contributed by atoms with Crippen LogP contribution in [0.1, 0.15) is 42.0 Å². The number of methoxy groups -OCH3 is 1. The minimum absolute atomic E-state index is 0.0420. The van der Waals surface area contributed by atoms with E-state index >= 15 is 0 Å². The zero-order valence-electron chi connectivity index (χ0n) is 27.0. The van der Waals surface area contributed by atoms with Gasteiger partial charge in [0.05, 0.1) is 17.7 Å². The van der Waals surface area contributed by atoms with Crippen molar-refractivity contribution in [2.75, 3.05) is 24.5 Å². The van der Waals surface area contributed by atoms with Crippen molar-refractivity contribution < 1.29 is 22.7 Å². The number of sulfonamides is 1. The third-order valence-electron chi connectivity index (χ3n) is 7.94.